The van der Waals surface area contributed by atoms with Gasteiger partial charge in [-0.25, -0.2) is 9.37 Å². The van der Waals surface area contributed by atoms with E-state index < -0.39 is 0 Å². The molecule has 0 aliphatic heterocycles. The van der Waals surface area contributed by atoms with Gasteiger partial charge in [0.1, 0.15) is 11.3 Å². The zero-order valence-electron chi connectivity index (χ0n) is 10.8. The Hall–Kier alpha value is -1.29. The Morgan fingerprint density at radius 3 is 2.48 bits per heavy atom. The van der Waals surface area contributed by atoms with Crippen molar-refractivity contribution in [3.63, 3.8) is 0 Å². The van der Waals surface area contributed by atoms with Crippen molar-refractivity contribution in [3.8, 4) is 5.69 Å². The van der Waals surface area contributed by atoms with Gasteiger partial charge in [0, 0.05) is 22.3 Å². The Morgan fingerprint density at radius 1 is 1.10 bits per heavy atom. The first-order valence-electron chi connectivity index (χ1n) is 6.28. The topological polar surface area (TPSA) is 17.8 Å². The van der Waals surface area contributed by atoms with E-state index in [1.54, 1.807) is 30.3 Å². The second-order valence-corrected chi connectivity index (χ2v) is 5.79. The van der Waals surface area contributed by atoms with Crippen LogP contribution in [0.4, 0.5) is 4.39 Å². The normalized spacial score (nSPS) is 11.2. The number of aromatic nitrogens is 2. The van der Waals surface area contributed by atoms with Crippen molar-refractivity contribution in [1.82, 2.24) is 9.55 Å². The minimum absolute atomic E-state index is 0.314. The molecule has 0 saturated heterocycles. The minimum Gasteiger partial charge on any atom is -0.296 e. The van der Waals surface area contributed by atoms with Crippen molar-refractivity contribution in [2.45, 2.75) is 6.42 Å². The molecule has 0 atom stereocenters. The van der Waals surface area contributed by atoms with Crippen molar-refractivity contribution in [2.24, 2.45) is 0 Å². The van der Waals surface area contributed by atoms with Gasteiger partial charge in [-0.15, -0.1) is 11.6 Å². The molecule has 0 aliphatic carbocycles. The maximum Gasteiger partial charge on any atom is 0.151 e. The molecule has 108 valence electrons. The SMILES string of the molecule is Fc1cccc2c1nc(CCCl)n2-c1cc(Cl)cc(Cl)c1. The van der Waals surface area contributed by atoms with Crippen molar-refractivity contribution in [3.05, 3.63) is 58.1 Å². The van der Waals surface area contributed by atoms with Crippen LogP contribution in [0.5, 0.6) is 0 Å². The zero-order chi connectivity index (χ0) is 15.0. The lowest BCUT2D eigenvalue weighted by atomic mass is 10.2. The standard InChI is InChI=1S/C15H10Cl3FN2/c16-5-4-14-20-15-12(19)2-1-3-13(15)21(14)11-7-9(17)6-10(18)8-11/h1-3,6-8H,4-5H2. The van der Waals surface area contributed by atoms with E-state index in [1.165, 1.54) is 6.07 Å². The van der Waals surface area contributed by atoms with E-state index >= 15 is 0 Å². The third kappa shape index (κ3) is 2.73. The average Bonchev–Trinajstić information content (AvgIpc) is 2.78. The summed E-state index contributed by atoms with van der Waals surface area (Å²) in [5.41, 5.74) is 1.71. The number of rotatable bonds is 3. The predicted molar refractivity (Wildman–Crippen MR) is 85.5 cm³/mol. The molecule has 0 fully saturated rings. The van der Waals surface area contributed by atoms with Crippen LogP contribution in [0, 0.1) is 5.82 Å². The first-order chi connectivity index (χ1) is 10.1. The van der Waals surface area contributed by atoms with Crippen molar-refractivity contribution in [1.29, 1.82) is 0 Å². The fraction of sp³-hybridized carbons (Fsp3) is 0.133. The first kappa shape index (κ1) is 14.6. The Kier molecular flexibility index (Phi) is 4.07. The molecule has 2 nitrogen and oxygen atoms in total. The molecule has 1 aromatic heterocycles. The van der Waals surface area contributed by atoms with Gasteiger partial charge >= 0.3 is 0 Å². The maximum absolute atomic E-state index is 13.9. The molecular weight excluding hydrogens is 334 g/mol. The summed E-state index contributed by atoms with van der Waals surface area (Å²) in [6, 6.07) is 10.0. The summed E-state index contributed by atoms with van der Waals surface area (Å²) in [5, 5.41) is 1.01. The summed E-state index contributed by atoms with van der Waals surface area (Å²) >= 11 is 17.9. The molecule has 0 bridgehead atoms. The highest BCUT2D eigenvalue weighted by atomic mass is 35.5. The highest BCUT2D eigenvalue weighted by Gasteiger charge is 2.15. The Labute approximate surface area is 136 Å². The number of hydrogen-bond donors (Lipinski definition) is 0. The van der Waals surface area contributed by atoms with Crippen molar-refractivity contribution in [2.75, 3.05) is 5.88 Å². The lowest BCUT2D eigenvalue weighted by molar-refractivity contribution is 0.637. The lowest BCUT2D eigenvalue weighted by Gasteiger charge is -2.09. The summed E-state index contributed by atoms with van der Waals surface area (Å²) < 4.78 is 15.8. The second kappa shape index (κ2) is 5.84. The number of hydrogen-bond acceptors (Lipinski definition) is 1. The molecule has 0 saturated carbocycles. The summed E-state index contributed by atoms with van der Waals surface area (Å²) in [7, 11) is 0. The molecule has 2 aromatic carbocycles. The van der Waals surface area contributed by atoms with E-state index in [2.05, 4.69) is 4.98 Å². The first-order valence-corrected chi connectivity index (χ1v) is 7.57. The molecule has 6 heteroatoms. The van der Waals surface area contributed by atoms with Crippen LogP contribution in [0.2, 0.25) is 10.0 Å². The van der Waals surface area contributed by atoms with Crippen LogP contribution in [0.15, 0.2) is 36.4 Å². The van der Waals surface area contributed by atoms with E-state index in [-0.39, 0.29) is 5.82 Å². The van der Waals surface area contributed by atoms with Gasteiger partial charge in [-0.05, 0) is 30.3 Å². The highest BCUT2D eigenvalue weighted by molar-refractivity contribution is 6.34. The summed E-state index contributed by atoms with van der Waals surface area (Å²) in [4.78, 5) is 4.36. The number of halogens is 4. The molecule has 1 heterocycles. The average molecular weight is 344 g/mol. The fourth-order valence-electron chi connectivity index (χ4n) is 2.32. The smallest absolute Gasteiger partial charge is 0.151 e. The van der Waals surface area contributed by atoms with Gasteiger partial charge in [0.25, 0.3) is 0 Å². The number of para-hydroxylation sites is 1. The van der Waals surface area contributed by atoms with E-state index in [1.807, 2.05) is 4.57 Å². The van der Waals surface area contributed by atoms with Crippen LogP contribution in [0.25, 0.3) is 16.7 Å². The molecule has 21 heavy (non-hydrogen) atoms. The predicted octanol–water partition coefficient (Wildman–Crippen LogP) is 5.25. The largest absolute Gasteiger partial charge is 0.296 e. The Morgan fingerprint density at radius 2 is 1.81 bits per heavy atom. The number of alkyl halides is 1. The third-order valence-electron chi connectivity index (χ3n) is 3.13. The number of nitrogens with zero attached hydrogens (tertiary/aromatic N) is 2. The van der Waals surface area contributed by atoms with Crippen LogP contribution in [0.1, 0.15) is 5.82 Å². The van der Waals surface area contributed by atoms with Gasteiger partial charge in [0.15, 0.2) is 5.82 Å². The summed E-state index contributed by atoms with van der Waals surface area (Å²) in [6.45, 7) is 0. The van der Waals surface area contributed by atoms with E-state index in [9.17, 15) is 4.39 Å². The Balaban J connectivity index is 2.33. The third-order valence-corrected chi connectivity index (χ3v) is 3.75. The van der Waals surface area contributed by atoms with Crippen LogP contribution in [-0.2, 0) is 6.42 Å². The maximum atomic E-state index is 13.9. The lowest BCUT2D eigenvalue weighted by Crippen LogP contribution is -2.02. The van der Waals surface area contributed by atoms with Gasteiger partial charge in [-0.2, -0.15) is 0 Å². The quantitative estimate of drug-likeness (QED) is 0.594. The molecule has 0 spiro atoms. The molecule has 3 aromatic rings. The van der Waals surface area contributed by atoms with Gasteiger partial charge in [-0.3, -0.25) is 4.57 Å². The Bertz CT molecular complexity index is 794. The van der Waals surface area contributed by atoms with Gasteiger partial charge in [0.05, 0.1) is 11.2 Å². The van der Waals surface area contributed by atoms with E-state index in [0.717, 1.165) is 5.69 Å². The molecule has 0 radical (unpaired) electrons. The van der Waals surface area contributed by atoms with Gasteiger partial charge in [-0.1, -0.05) is 29.3 Å². The number of aryl methyl sites for hydroxylation is 1. The monoisotopic (exact) mass is 342 g/mol. The molecular formula is C15H10Cl3FN2. The van der Waals surface area contributed by atoms with Crippen LogP contribution >= 0.6 is 34.8 Å². The fourth-order valence-corrected chi connectivity index (χ4v) is 3.01. The minimum atomic E-state index is -0.366. The molecule has 0 amide bonds. The summed E-state index contributed by atoms with van der Waals surface area (Å²) in [6.07, 6.45) is 0.514. The number of imidazole rings is 1. The van der Waals surface area contributed by atoms with Crippen molar-refractivity contribution >= 4 is 45.8 Å². The molecule has 0 aliphatic rings. The second-order valence-electron chi connectivity index (χ2n) is 4.54. The van der Waals surface area contributed by atoms with Crippen LogP contribution < -0.4 is 0 Å². The van der Waals surface area contributed by atoms with Crippen LogP contribution in [0.3, 0.4) is 0 Å². The highest BCUT2D eigenvalue weighted by Crippen LogP contribution is 2.28. The molecule has 3 rings (SSSR count). The number of benzene rings is 2. The van der Waals surface area contributed by atoms with E-state index in [0.29, 0.717) is 39.2 Å². The zero-order valence-corrected chi connectivity index (χ0v) is 13.1. The van der Waals surface area contributed by atoms with Crippen molar-refractivity contribution < 1.29 is 4.39 Å². The summed E-state index contributed by atoms with van der Waals surface area (Å²) in [5.74, 6) is 0.692. The van der Waals surface area contributed by atoms with Crippen LogP contribution in [-0.4, -0.2) is 15.4 Å². The van der Waals surface area contributed by atoms with E-state index in [4.69, 9.17) is 34.8 Å². The number of fused-ring (bicyclic) bond motifs is 1. The van der Waals surface area contributed by atoms with Gasteiger partial charge in [0.2, 0.25) is 0 Å². The van der Waals surface area contributed by atoms with Gasteiger partial charge < -0.3 is 0 Å². The molecule has 0 unspecified atom stereocenters. The molecule has 0 N–H and O–H groups in total.